The Morgan fingerprint density at radius 1 is 1.30 bits per heavy atom. The van der Waals surface area contributed by atoms with Crippen molar-refractivity contribution in [2.45, 2.75) is 24.7 Å². The lowest BCUT2D eigenvalue weighted by molar-refractivity contribution is 0.579. The van der Waals surface area contributed by atoms with Crippen molar-refractivity contribution < 1.29 is 8.42 Å². The van der Waals surface area contributed by atoms with Crippen molar-refractivity contribution in [1.29, 1.82) is 0 Å². The summed E-state index contributed by atoms with van der Waals surface area (Å²) in [7, 11) is -3.45. The van der Waals surface area contributed by atoms with Crippen LogP contribution in [0.5, 0.6) is 0 Å². The van der Waals surface area contributed by atoms with Crippen molar-refractivity contribution in [3.63, 3.8) is 0 Å². The second-order valence-electron chi connectivity index (χ2n) is 4.34. The van der Waals surface area contributed by atoms with Gasteiger partial charge in [-0.15, -0.1) is 11.3 Å². The number of aromatic nitrogens is 1. The first-order valence-electron chi connectivity index (χ1n) is 6.13. The van der Waals surface area contributed by atoms with Gasteiger partial charge in [0.1, 0.15) is 0 Å². The van der Waals surface area contributed by atoms with Crippen molar-refractivity contribution in [1.82, 2.24) is 9.71 Å². The maximum Gasteiger partial charge on any atom is 0.240 e. The minimum absolute atomic E-state index is 0.229. The van der Waals surface area contributed by atoms with Crippen molar-refractivity contribution in [3.8, 4) is 0 Å². The summed E-state index contributed by atoms with van der Waals surface area (Å²) in [5.74, 6) is 0. The summed E-state index contributed by atoms with van der Waals surface area (Å²) in [5, 5.41) is 3.55. The van der Waals surface area contributed by atoms with E-state index in [2.05, 4.69) is 9.71 Å². The van der Waals surface area contributed by atoms with E-state index in [9.17, 15) is 8.42 Å². The van der Waals surface area contributed by atoms with Gasteiger partial charge in [0.25, 0.3) is 0 Å². The van der Waals surface area contributed by atoms with Crippen LogP contribution in [0.15, 0.2) is 34.5 Å². The molecule has 0 fully saturated rings. The molecule has 0 spiro atoms. The first-order chi connectivity index (χ1) is 9.47. The first-order valence-corrected chi connectivity index (χ1v) is 8.88. The zero-order chi connectivity index (χ0) is 14.6. The Bertz CT molecular complexity index is 666. The summed E-state index contributed by atoms with van der Waals surface area (Å²) < 4.78 is 26.6. The van der Waals surface area contributed by atoms with E-state index in [0.717, 1.165) is 23.5 Å². The van der Waals surface area contributed by atoms with Gasteiger partial charge in [-0.25, -0.2) is 18.1 Å². The minimum atomic E-state index is -3.45. The van der Waals surface area contributed by atoms with Crippen molar-refractivity contribution >= 4 is 33.0 Å². The normalized spacial score (nSPS) is 11.7. The minimum Gasteiger partial charge on any atom is -0.247 e. The number of hydrogen-bond donors (Lipinski definition) is 1. The Morgan fingerprint density at radius 2 is 2.00 bits per heavy atom. The standard InChI is InChI=1S/C13H15ClN2O2S2/c1-10-9-19-13(16-10)3-2-8-15-20(17,18)12-6-4-11(14)5-7-12/h4-7,9,15H,2-3,8H2,1H3. The molecule has 0 amide bonds. The molecule has 20 heavy (non-hydrogen) atoms. The van der Waals surface area contributed by atoms with Crippen LogP contribution in [0.3, 0.4) is 0 Å². The van der Waals surface area contributed by atoms with Crippen LogP contribution in [-0.2, 0) is 16.4 Å². The van der Waals surface area contributed by atoms with Gasteiger partial charge in [-0.2, -0.15) is 0 Å². The predicted octanol–water partition coefficient (Wildman–Crippen LogP) is 3.02. The summed E-state index contributed by atoms with van der Waals surface area (Å²) in [6.07, 6.45) is 1.50. The van der Waals surface area contributed by atoms with Crippen molar-refractivity contribution in [3.05, 3.63) is 45.4 Å². The highest BCUT2D eigenvalue weighted by Gasteiger charge is 2.12. The molecule has 7 heteroatoms. The van der Waals surface area contributed by atoms with Crippen LogP contribution in [0.25, 0.3) is 0 Å². The molecule has 1 aromatic carbocycles. The third-order valence-corrected chi connectivity index (χ3v) is 5.41. The van der Waals surface area contributed by atoms with E-state index in [-0.39, 0.29) is 4.90 Å². The lowest BCUT2D eigenvalue weighted by Gasteiger charge is -2.06. The molecule has 0 unspecified atom stereocenters. The second kappa shape index (κ2) is 6.67. The van der Waals surface area contributed by atoms with Gasteiger partial charge in [0.05, 0.1) is 9.90 Å². The molecule has 0 atom stereocenters. The molecule has 0 saturated heterocycles. The first kappa shape index (κ1) is 15.4. The molecule has 0 saturated carbocycles. The van der Waals surface area contributed by atoms with Gasteiger partial charge >= 0.3 is 0 Å². The number of nitrogens with one attached hydrogen (secondary N) is 1. The zero-order valence-corrected chi connectivity index (χ0v) is 13.4. The second-order valence-corrected chi connectivity index (χ2v) is 7.48. The van der Waals surface area contributed by atoms with Crippen LogP contribution >= 0.6 is 22.9 Å². The molecule has 0 aliphatic carbocycles. The molecule has 108 valence electrons. The van der Waals surface area contributed by atoms with E-state index in [4.69, 9.17) is 11.6 Å². The average molecular weight is 331 g/mol. The van der Waals surface area contributed by atoms with E-state index in [1.54, 1.807) is 23.5 Å². The quantitative estimate of drug-likeness (QED) is 0.828. The topological polar surface area (TPSA) is 59.1 Å². The highest BCUT2D eigenvalue weighted by Crippen LogP contribution is 2.14. The molecule has 1 N–H and O–H groups in total. The summed E-state index contributed by atoms with van der Waals surface area (Å²) in [6.45, 7) is 2.34. The number of aryl methyl sites for hydroxylation is 2. The summed E-state index contributed by atoms with van der Waals surface area (Å²) in [5.41, 5.74) is 1.01. The molecule has 2 rings (SSSR count). The van der Waals surface area contributed by atoms with E-state index in [0.29, 0.717) is 11.6 Å². The summed E-state index contributed by atoms with van der Waals surface area (Å²) >= 11 is 7.34. The van der Waals surface area contributed by atoms with Gasteiger partial charge in [0, 0.05) is 29.1 Å². The van der Waals surface area contributed by atoms with Crippen LogP contribution in [-0.4, -0.2) is 19.9 Å². The largest absolute Gasteiger partial charge is 0.247 e. The van der Waals surface area contributed by atoms with E-state index < -0.39 is 10.0 Å². The number of halogens is 1. The third-order valence-electron chi connectivity index (χ3n) is 2.65. The van der Waals surface area contributed by atoms with Crippen LogP contribution < -0.4 is 4.72 Å². The Hall–Kier alpha value is -0.950. The summed E-state index contributed by atoms with van der Waals surface area (Å²) in [6, 6.07) is 6.12. The number of nitrogens with zero attached hydrogens (tertiary/aromatic N) is 1. The van der Waals surface area contributed by atoms with Gasteiger partial charge in [-0.3, -0.25) is 0 Å². The Balaban J connectivity index is 1.85. The number of sulfonamides is 1. The molecule has 2 aromatic rings. The van der Waals surface area contributed by atoms with Crippen molar-refractivity contribution in [2.75, 3.05) is 6.54 Å². The molecule has 0 aliphatic heterocycles. The number of hydrogen-bond acceptors (Lipinski definition) is 4. The molecular weight excluding hydrogens is 316 g/mol. The summed E-state index contributed by atoms with van der Waals surface area (Å²) in [4.78, 5) is 4.57. The predicted molar refractivity (Wildman–Crippen MR) is 81.8 cm³/mol. The number of rotatable bonds is 6. The van der Waals surface area contributed by atoms with Crippen molar-refractivity contribution in [2.24, 2.45) is 0 Å². The third kappa shape index (κ3) is 4.28. The zero-order valence-electron chi connectivity index (χ0n) is 11.0. The fraction of sp³-hybridized carbons (Fsp3) is 0.308. The number of thiazole rings is 1. The fourth-order valence-corrected chi connectivity index (χ4v) is 3.68. The molecule has 4 nitrogen and oxygen atoms in total. The SMILES string of the molecule is Cc1csc(CCCNS(=O)(=O)c2ccc(Cl)cc2)n1. The highest BCUT2D eigenvalue weighted by molar-refractivity contribution is 7.89. The maximum absolute atomic E-state index is 12.0. The average Bonchev–Trinajstić information content (AvgIpc) is 2.81. The lowest BCUT2D eigenvalue weighted by Crippen LogP contribution is -2.25. The molecule has 0 aliphatic rings. The monoisotopic (exact) mass is 330 g/mol. The highest BCUT2D eigenvalue weighted by atomic mass is 35.5. The molecule has 0 bridgehead atoms. The lowest BCUT2D eigenvalue weighted by atomic mass is 10.3. The van der Waals surface area contributed by atoms with Gasteiger partial charge in [0.2, 0.25) is 10.0 Å². The van der Waals surface area contributed by atoms with E-state index in [1.807, 2.05) is 12.3 Å². The van der Waals surface area contributed by atoms with Gasteiger partial charge < -0.3 is 0 Å². The molecular formula is C13H15ClN2O2S2. The van der Waals surface area contributed by atoms with Gasteiger partial charge in [0.15, 0.2) is 0 Å². The van der Waals surface area contributed by atoms with Crippen LogP contribution in [0.1, 0.15) is 17.1 Å². The van der Waals surface area contributed by atoms with Gasteiger partial charge in [-0.1, -0.05) is 11.6 Å². The molecule has 1 aromatic heterocycles. The van der Waals surface area contributed by atoms with E-state index in [1.165, 1.54) is 12.1 Å². The Kier molecular flexibility index (Phi) is 5.15. The van der Waals surface area contributed by atoms with Crippen LogP contribution in [0.2, 0.25) is 5.02 Å². The number of benzene rings is 1. The van der Waals surface area contributed by atoms with Crippen LogP contribution in [0.4, 0.5) is 0 Å². The van der Waals surface area contributed by atoms with Gasteiger partial charge in [-0.05, 0) is 37.6 Å². The molecule has 1 heterocycles. The maximum atomic E-state index is 12.0. The van der Waals surface area contributed by atoms with Crippen LogP contribution in [0, 0.1) is 6.92 Å². The Labute approximate surface area is 127 Å². The fourth-order valence-electron chi connectivity index (χ4n) is 1.66. The smallest absolute Gasteiger partial charge is 0.240 e. The molecule has 0 radical (unpaired) electrons. The van der Waals surface area contributed by atoms with E-state index >= 15 is 0 Å². The Morgan fingerprint density at radius 3 is 2.60 bits per heavy atom.